The van der Waals surface area contributed by atoms with E-state index < -0.39 is 0 Å². The third kappa shape index (κ3) is 3.12. The summed E-state index contributed by atoms with van der Waals surface area (Å²) in [5.74, 6) is 0. The van der Waals surface area contributed by atoms with Crippen molar-refractivity contribution in [3.05, 3.63) is 63.4 Å². The first kappa shape index (κ1) is 13.6. The molecule has 3 heteroatoms. The first-order chi connectivity index (χ1) is 8.58. The van der Waals surface area contributed by atoms with E-state index in [1.54, 1.807) is 0 Å². The van der Waals surface area contributed by atoms with Gasteiger partial charge in [0.1, 0.15) is 0 Å². The zero-order chi connectivity index (χ0) is 13.1. The molecular weight excluding hydrogens is 310 g/mol. The highest BCUT2D eigenvalue weighted by molar-refractivity contribution is 9.10. The molecule has 2 rings (SSSR count). The minimum absolute atomic E-state index is 0.0458. The lowest BCUT2D eigenvalue weighted by atomic mass is 10.0. The van der Waals surface area contributed by atoms with Crippen molar-refractivity contribution in [1.82, 2.24) is 4.98 Å². The fourth-order valence-electron chi connectivity index (χ4n) is 1.82. The summed E-state index contributed by atoms with van der Waals surface area (Å²) >= 11 is 10.0. The molecule has 1 nitrogen and oxygen atoms in total. The molecule has 0 aliphatic heterocycles. The lowest BCUT2D eigenvalue weighted by Gasteiger charge is -2.12. The Kier molecular flexibility index (Phi) is 4.41. The molecule has 0 fully saturated rings. The predicted molar refractivity (Wildman–Crippen MR) is 80.2 cm³/mol. The van der Waals surface area contributed by atoms with Gasteiger partial charge in [-0.2, -0.15) is 0 Å². The van der Waals surface area contributed by atoms with Crippen LogP contribution in [-0.2, 0) is 6.42 Å². The van der Waals surface area contributed by atoms with Crippen LogP contribution in [0.25, 0.3) is 0 Å². The molecule has 1 heterocycles. The van der Waals surface area contributed by atoms with Crippen LogP contribution in [0.5, 0.6) is 0 Å². The van der Waals surface area contributed by atoms with Crippen LogP contribution in [0.3, 0.4) is 0 Å². The summed E-state index contributed by atoms with van der Waals surface area (Å²) in [6, 6.07) is 10.3. The van der Waals surface area contributed by atoms with Gasteiger partial charge >= 0.3 is 0 Å². The molecule has 0 aliphatic rings. The third-order valence-corrected chi connectivity index (χ3v) is 4.31. The van der Waals surface area contributed by atoms with E-state index >= 15 is 0 Å². The van der Waals surface area contributed by atoms with Gasteiger partial charge in [-0.25, -0.2) is 0 Å². The highest BCUT2D eigenvalue weighted by Crippen LogP contribution is 2.28. The first-order valence-electron chi connectivity index (χ1n) is 5.88. The second-order valence-corrected chi connectivity index (χ2v) is 5.83. The lowest BCUT2D eigenvalue weighted by Crippen LogP contribution is -2.00. The van der Waals surface area contributed by atoms with Gasteiger partial charge in [0.15, 0.2) is 0 Å². The van der Waals surface area contributed by atoms with Crippen LogP contribution >= 0.6 is 27.5 Å². The van der Waals surface area contributed by atoms with Crippen LogP contribution in [-0.4, -0.2) is 4.98 Å². The molecule has 0 amide bonds. The number of benzene rings is 1. The number of alkyl halides is 1. The van der Waals surface area contributed by atoms with E-state index in [4.69, 9.17) is 11.6 Å². The van der Waals surface area contributed by atoms with E-state index in [9.17, 15) is 0 Å². The van der Waals surface area contributed by atoms with Crippen LogP contribution in [0.4, 0.5) is 0 Å². The quantitative estimate of drug-likeness (QED) is 0.725. The first-order valence-corrected chi connectivity index (χ1v) is 7.11. The van der Waals surface area contributed by atoms with Crippen LogP contribution in [0.2, 0.25) is 0 Å². The van der Waals surface area contributed by atoms with Gasteiger partial charge in [0.2, 0.25) is 0 Å². The average molecular weight is 325 g/mol. The van der Waals surface area contributed by atoms with Crippen molar-refractivity contribution >= 4 is 27.5 Å². The van der Waals surface area contributed by atoms with Crippen molar-refractivity contribution in [2.24, 2.45) is 0 Å². The van der Waals surface area contributed by atoms with Crippen LogP contribution < -0.4 is 0 Å². The molecule has 0 aliphatic carbocycles. The summed E-state index contributed by atoms with van der Waals surface area (Å²) in [7, 11) is 0. The summed E-state index contributed by atoms with van der Waals surface area (Å²) in [6.45, 7) is 4.14. The summed E-state index contributed by atoms with van der Waals surface area (Å²) in [4.78, 5) is 4.39. The highest BCUT2D eigenvalue weighted by Gasteiger charge is 2.12. The molecule has 1 unspecified atom stereocenters. The van der Waals surface area contributed by atoms with Gasteiger partial charge in [0, 0.05) is 22.8 Å². The average Bonchev–Trinajstić information content (AvgIpc) is 2.35. The lowest BCUT2D eigenvalue weighted by molar-refractivity contribution is 0.868. The normalized spacial score (nSPS) is 12.4. The molecule has 2 aromatic rings. The van der Waals surface area contributed by atoms with E-state index in [1.807, 2.05) is 12.3 Å². The maximum absolute atomic E-state index is 6.48. The van der Waals surface area contributed by atoms with Gasteiger partial charge in [-0.3, -0.25) is 4.98 Å². The second-order valence-electron chi connectivity index (χ2n) is 4.45. The molecule has 0 radical (unpaired) electrons. The molecule has 18 heavy (non-hydrogen) atoms. The Bertz CT molecular complexity index is 554. The molecule has 0 spiro atoms. The molecule has 0 saturated carbocycles. The summed E-state index contributed by atoms with van der Waals surface area (Å²) < 4.78 is 1.10. The zero-order valence-electron chi connectivity index (χ0n) is 10.5. The molecule has 94 valence electrons. The molecule has 0 saturated heterocycles. The number of hydrogen-bond donors (Lipinski definition) is 0. The fourth-order valence-corrected chi connectivity index (χ4v) is 2.50. The molecule has 1 atom stereocenters. The molecule has 0 N–H and O–H groups in total. The van der Waals surface area contributed by atoms with Gasteiger partial charge < -0.3 is 0 Å². The van der Waals surface area contributed by atoms with Crippen molar-refractivity contribution in [2.45, 2.75) is 25.6 Å². The Morgan fingerprint density at radius 3 is 2.67 bits per heavy atom. The molecule has 1 aromatic carbocycles. The number of nitrogens with zero attached hydrogens (tertiary/aromatic N) is 1. The van der Waals surface area contributed by atoms with Crippen molar-refractivity contribution in [1.29, 1.82) is 0 Å². The van der Waals surface area contributed by atoms with Crippen molar-refractivity contribution in [3.8, 4) is 0 Å². The largest absolute Gasteiger partial charge is 0.261 e. The van der Waals surface area contributed by atoms with Crippen molar-refractivity contribution < 1.29 is 0 Å². The van der Waals surface area contributed by atoms with Gasteiger partial charge in [0.05, 0.1) is 5.38 Å². The van der Waals surface area contributed by atoms with E-state index in [1.165, 1.54) is 11.1 Å². The Labute approximate surface area is 121 Å². The van der Waals surface area contributed by atoms with Gasteiger partial charge in [-0.15, -0.1) is 11.6 Å². The zero-order valence-corrected chi connectivity index (χ0v) is 12.8. The molecule has 1 aromatic heterocycles. The smallest absolute Gasteiger partial charge is 0.0641 e. The van der Waals surface area contributed by atoms with Crippen molar-refractivity contribution in [2.75, 3.05) is 0 Å². The van der Waals surface area contributed by atoms with E-state index in [0.717, 1.165) is 22.2 Å². The Hall–Kier alpha value is -0.860. The second kappa shape index (κ2) is 5.85. The molecular formula is C15H15BrClN. The monoisotopic (exact) mass is 323 g/mol. The number of aryl methyl sites for hydroxylation is 2. The summed E-state index contributed by atoms with van der Waals surface area (Å²) in [5.41, 5.74) is 4.60. The van der Waals surface area contributed by atoms with Gasteiger partial charge in [-0.05, 0) is 42.7 Å². The summed E-state index contributed by atoms with van der Waals surface area (Å²) in [6.07, 6.45) is 2.57. The Morgan fingerprint density at radius 2 is 2.00 bits per heavy atom. The van der Waals surface area contributed by atoms with Crippen LogP contribution in [0.1, 0.15) is 27.8 Å². The van der Waals surface area contributed by atoms with Crippen LogP contribution in [0.15, 0.2) is 41.0 Å². The summed E-state index contributed by atoms with van der Waals surface area (Å²) in [5, 5.41) is -0.0458. The number of pyridine rings is 1. The Balaban J connectivity index is 2.19. The SMILES string of the molecule is Cc1ccc(C(Cl)Cc2ncccc2C)cc1Br. The minimum Gasteiger partial charge on any atom is -0.261 e. The number of aromatic nitrogens is 1. The fraction of sp³-hybridized carbons (Fsp3) is 0.267. The Morgan fingerprint density at radius 1 is 1.22 bits per heavy atom. The van der Waals surface area contributed by atoms with E-state index in [-0.39, 0.29) is 5.38 Å². The minimum atomic E-state index is -0.0458. The topological polar surface area (TPSA) is 12.9 Å². The third-order valence-electron chi connectivity index (χ3n) is 3.05. The molecule has 0 bridgehead atoms. The van der Waals surface area contributed by atoms with Gasteiger partial charge in [-0.1, -0.05) is 34.1 Å². The number of halogens is 2. The number of hydrogen-bond acceptors (Lipinski definition) is 1. The van der Waals surface area contributed by atoms with Crippen LogP contribution in [0, 0.1) is 13.8 Å². The maximum atomic E-state index is 6.48. The van der Waals surface area contributed by atoms with Gasteiger partial charge in [0.25, 0.3) is 0 Å². The van der Waals surface area contributed by atoms with E-state index in [0.29, 0.717) is 0 Å². The predicted octanol–water partition coefficient (Wildman–Crippen LogP) is 4.98. The maximum Gasteiger partial charge on any atom is 0.0641 e. The highest BCUT2D eigenvalue weighted by atomic mass is 79.9. The number of rotatable bonds is 3. The van der Waals surface area contributed by atoms with Crippen molar-refractivity contribution in [3.63, 3.8) is 0 Å². The standard InChI is InChI=1S/C15H15BrClN/c1-10-5-6-12(8-13(10)16)14(17)9-15-11(2)4-3-7-18-15/h3-8,14H,9H2,1-2H3. The van der Waals surface area contributed by atoms with E-state index in [2.05, 4.69) is 59.0 Å².